The Hall–Kier alpha value is -2.62. The zero-order valence-corrected chi connectivity index (χ0v) is 11.1. The van der Waals surface area contributed by atoms with Gasteiger partial charge < -0.3 is 4.90 Å². The Morgan fingerprint density at radius 2 is 1.40 bits per heavy atom. The SMILES string of the molecule is CN1C(=O)CC(=O)N(c2ccccc2)c2ccccc21. The van der Waals surface area contributed by atoms with Gasteiger partial charge in [0.15, 0.2) is 0 Å². The fourth-order valence-corrected chi connectivity index (χ4v) is 2.39. The summed E-state index contributed by atoms with van der Waals surface area (Å²) >= 11 is 0. The van der Waals surface area contributed by atoms with Crippen molar-refractivity contribution >= 4 is 28.9 Å². The van der Waals surface area contributed by atoms with Crippen molar-refractivity contribution in [2.45, 2.75) is 6.42 Å². The second kappa shape index (κ2) is 4.81. The topological polar surface area (TPSA) is 40.6 Å². The Morgan fingerprint density at radius 3 is 2.10 bits per heavy atom. The summed E-state index contributed by atoms with van der Waals surface area (Å²) in [6.07, 6.45) is -0.125. The third-order valence-corrected chi connectivity index (χ3v) is 3.42. The van der Waals surface area contributed by atoms with Crippen molar-refractivity contribution in [1.29, 1.82) is 0 Å². The van der Waals surface area contributed by atoms with Crippen molar-refractivity contribution in [3.8, 4) is 0 Å². The molecule has 0 spiro atoms. The third-order valence-electron chi connectivity index (χ3n) is 3.42. The van der Waals surface area contributed by atoms with E-state index in [2.05, 4.69) is 0 Å². The van der Waals surface area contributed by atoms with E-state index in [1.54, 1.807) is 11.9 Å². The molecule has 3 rings (SSSR count). The molecule has 0 fully saturated rings. The Labute approximate surface area is 117 Å². The third kappa shape index (κ3) is 1.95. The van der Waals surface area contributed by atoms with Gasteiger partial charge in [0.05, 0.1) is 11.4 Å². The number of fused-ring (bicyclic) bond motifs is 1. The molecule has 2 aromatic carbocycles. The molecule has 0 aliphatic carbocycles. The lowest BCUT2D eigenvalue weighted by molar-refractivity contribution is -0.125. The van der Waals surface area contributed by atoms with Gasteiger partial charge >= 0.3 is 0 Å². The smallest absolute Gasteiger partial charge is 0.241 e. The minimum absolute atomic E-state index is 0.125. The zero-order chi connectivity index (χ0) is 14.1. The summed E-state index contributed by atoms with van der Waals surface area (Å²) < 4.78 is 0. The molecule has 20 heavy (non-hydrogen) atoms. The molecule has 0 N–H and O–H groups in total. The van der Waals surface area contributed by atoms with Gasteiger partial charge in [-0.25, -0.2) is 0 Å². The lowest BCUT2D eigenvalue weighted by Crippen LogP contribution is -2.28. The average Bonchev–Trinajstić information content (AvgIpc) is 2.56. The summed E-state index contributed by atoms with van der Waals surface area (Å²) in [4.78, 5) is 27.6. The molecule has 2 aromatic rings. The number of benzene rings is 2. The number of hydrogen-bond donors (Lipinski definition) is 0. The molecule has 100 valence electrons. The number of carbonyl (C=O) groups excluding carboxylic acids is 2. The Balaban J connectivity index is 2.21. The molecule has 0 radical (unpaired) electrons. The molecule has 0 saturated carbocycles. The van der Waals surface area contributed by atoms with Crippen LogP contribution in [-0.2, 0) is 9.59 Å². The van der Waals surface area contributed by atoms with E-state index >= 15 is 0 Å². The Morgan fingerprint density at radius 1 is 0.800 bits per heavy atom. The number of rotatable bonds is 1. The van der Waals surface area contributed by atoms with Crippen LogP contribution in [0.4, 0.5) is 17.1 Å². The van der Waals surface area contributed by atoms with E-state index in [0.717, 1.165) is 17.1 Å². The summed E-state index contributed by atoms with van der Waals surface area (Å²) in [5, 5.41) is 0. The molecule has 1 aliphatic rings. The highest BCUT2D eigenvalue weighted by atomic mass is 16.2. The first-order chi connectivity index (χ1) is 9.68. The normalized spacial score (nSPS) is 15.1. The maximum Gasteiger partial charge on any atom is 0.241 e. The molecule has 4 heteroatoms. The lowest BCUT2D eigenvalue weighted by Gasteiger charge is -2.23. The van der Waals surface area contributed by atoms with Crippen LogP contribution in [0.1, 0.15) is 6.42 Å². The molecule has 0 bridgehead atoms. The molecule has 1 heterocycles. The van der Waals surface area contributed by atoms with E-state index < -0.39 is 0 Å². The second-order valence-electron chi connectivity index (χ2n) is 4.68. The first kappa shape index (κ1) is 12.4. The minimum Gasteiger partial charge on any atom is -0.313 e. The van der Waals surface area contributed by atoms with Crippen LogP contribution in [-0.4, -0.2) is 18.9 Å². The van der Waals surface area contributed by atoms with Gasteiger partial charge in [0.2, 0.25) is 11.8 Å². The second-order valence-corrected chi connectivity index (χ2v) is 4.68. The zero-order valence-electron chi connectivity index (χ0n) is 11.1. The van der Waals surface area contributed by atoms with Gasteiger partial charge in [-0.15, -0.1) is 0 Å². The molecule has 0 atom stereocenters. The number of amides is 2. The predicted molar refractivity (Wildman–Crippen MR) is 78.1 cm³/mol. The van der Waals surface area contributed by atoms with Crippen molar-refractivity contribution in [3.63, 3.8) is 0 Å². The lowest BCUT2D eigenvalue weighted by atomic mass is 10.2. The van der Waals surface area contributed by atoms with Gasteiger partial charge in [-0.05, 0) is 24.3 Å². The minimum atomic E-state index is -0.210. The highest BCUT2D eigenvalue weighted by Gasteiger charge is 2.30. The fraction of sp³-hybridized carbons (Fsp3) is 0.125. The van der Waals surface area contributed by atoms with Gasteiger partial charge in [0.1, 0.15) is 6.42 Å². The van der Waals surface area contributed by atoms with E-state index in [1.165, 1.54) is 4.90 Å². The number of para-hydroxylation sites is 3. The van der Waals surface area contributed by atoms with Crippen LogP contribution >= 0.6 is 0 Å². The van der Waals surface area contributed by atoms with Crippen LogP contribution in [0.5, 0.6) is 0 Å². The van der Waals surface area contributed by atoms with E-state index in [4.69, 9.17) is 0 Å². The maximum atomic E-state index is 12.4. The highest BCUT2D eigenvalue weighted by Crippen LogP contribution is 2.36. The van der Waals surface area contributed by atoms with E-state index in [1.807, 2.05) is 54.6 Å². The number of hydrogen-bond acceptors (Lipinski definition) is 2. The summed E-state index contributed by atoms with van der Waals surface area (Å²) in [5.74, 6) is -0.404. The average molecular weight is 266 g/mol. The van der Waals surface area contributed by atoms with Crippen LogP contribution in [0, 0.1) is 0 Å². The van der Waals surface area contributed by atoms with Crippen LogP contribution in [0.25, 0.3) is 0 Å². The van der Waals surface area contributed by atoms with Crippen LogP contribution < -0.4 is 9.80 Å². The molecule has 2 amide bonds. The number of carbonyl (C=O) groups is 2. The van der Waals surface area contributed by atoms with Crippen molar-refractivity contribution in [2.24, 2.45) is 0 Å². The van der Waals surface area contributed by atoms with E-state index in [-0.39, 0.29) is 18.2 Å². The Kier molecular flexibility index (Phi) is 2.99. The summed E-state index contributed by atoms with van der Waals surface area (Å²) in [5.41, 5.74) is 2.25. The molecule has 4 nitrogen and oxygen atoms in total. The van der Waals surface area contributed by atoms with Crippen molar-refractivity contribution in [3.05, 3.63) is 54.6 Å². The monoisotopic (exact) mass is 266 g/mol. The van der Waals surface area contributed by atoms with Crippen LogP contribution in [0.2, 0.25) is 0 Å². The van der Waals surface area contributed by atoms with Crippen molar-refractivity contribution < 1.29 is 9.59 Å². The van der Waals surface area contributed by atoms with Crippen molar-refractivity contribution in [1.82, 2.24) is 0 Å². The largest absolute Gasteiger partial charge is 0.313 e. The summed E-state index contributed by atoms with van der Waals surface area (Å²) in [6.45, 7) is 0. The molecule has 0 saturated heterocycles. The fourth-order valence-electron chi connectivity index (χ4n) is 2.39. The van der Waals surface area contributed by atoms with Gasteiger partial charge in [-0.3, -0.25) is 14.5 Å². The predicted octanol–water partition coefficient (Wildman–Crippen LogP) is 2.72. The van der Waals surface area contributed by atoms with Gasteiger partial charge in [0, 0.05) is 12.7 Å². The first-order valence-corrected chi connectivity index (χ1v) is 6.42. The quantitative estimate of drug-likeness (QED) is 0.745. The van der Waals surface area contributed by atoms with E-state index in [9.17, 15) is 9.59 Å². The number of nitrogens with zero attached hydrogens (tertiary/aromatic N) is 2. The van der Waals surface area contributed by atoms with Crippen LogP contribution in [0.3, 0.4) is 0 Å². The van der Waals surface area contributed by atoms with Gasteiger partial charge in [-0.1, -0.05) is 30.3 Å². The van der Waals surface area contributed by atoms with Gasteiger partial charge in [0.25, 0.3) is 0 Å². The highest BCUT2D eigenvalue weighted by molar-refractivity contribution is 6.17. The first-order valence-electron chi connectivity index (χ1n) is 6.42. The van der Waals surface area contributed by atoms with Crippen molar-refractivity contribution in [2.75, 3.05) is 16.8 Å². The van der Waals surface area contributed by atoms with Gasteiger partial charge in [-0.2, -0.15) is 0 Å². The molecule has 0 aromatic heterocycles. The molecule has 1 aliphatic heterocycles. The van der Waals surface area contributed by atoms with E-state index in [0.29, 0.717) is 0 Å². The summed E-state index contributed by atoms with van der Waals surface area (Å²) in [6, 6.07) is 16.8. The molecule has 0 unspecified atom stereocenters. The maximum absolute atomic E-state index is 12.4. The molecular formula is C16H14N2O2. The standard InChI is InChI=1S/C16H14N2O2/c1-17-13-9-5-6-10-14(13)18(16(20)11-15(17)19)12-7-3-2-4-8-12/h2-10H,11H2,1H3. The molecular weight excluding hydrogens is 252 g/mol. The Bertz CT molecular complexity index is 667. The summed E-state index contributed by atoms with van der Waals surface area (Å²) in [7, 11) is 1.70. The van der Waals surface area contributed by atoms with Crippen LogP contribution in [0.15, 0.2) is 54.6 Å². The number of anilines is 3.